The zero-order valence-corrected chi connectivity index (χ0v) is 24.1. The maximum Gasteiger partial charge on any atom is 0.251 e. The summed E-state index contributed by atoms with van der Waals surface area (Å²) >= 11 is 1.59. The number of thioether (sulfide) groups is 1. The van der Waals surface area contributed by atoms with Crippen molar-refractivity contribution >= 4 is 44.5 Å². The Morgan fingerprint density at radius 2 is 1.82 bits per heavy atom. The van der Waals surface area contributed by atoms with Gasteiger partial charge in [0.2, 0.25) is 10.0 Å². The van der Waals surface area contributed by atoms with Crippen molar-refractivity contribution in [3.8, 4) is 0 Å². The average Bonchev–Trinajstić information content (AvgIpc) is 3.33. The molecule has 13 heteroatoms. The summed E-state index contributed by atoms with van der Waals surface area (Å²) in [6.45, 7) is 11.0. The minimum atomic E-state index is -3.57. The second-order valence-corrected chi connectivity index (χ2v) is 11.3. The summed E-state index contributed by atoms with van der Waals surface area (Å²) in [6.07, 6.45) is 2.73. The van der Waals surface area contributed by atoms with E-state index in [4.69, 9.17) is 9.72 Å². The van der Waals surface area contributed by atoms with E-state index >= 15 is 0 Å². The molecule has 0 radical (unpaired) electrons. The lowest BCUT2D eigenvalue weighted by Gasteiger charge is -2.18. The van der Waals surface area contributed by atoms with Crippen LogP contribution in [0.5, 0.6) is 0 Å². The van der Waals surface area contributed by atoms with Crippen molar-refractivity contribution in [1.82, 2.24) is 29.4 Å². The smallest absolute Gasteiger partial charge is 0.251 e. The fourth-order valence-corrected chi connectivity index (χ4v) is 5.90. The number of nitrogens with zero attached hydrogens (tertiary/aromatic N) is 5. The Morgan fingerprint density at radius 1 is 1.08 bits per heavy atom. The van der Waals surface area contributed by atoms with E-state index in [9.17, 15) is 13.2 Å². The molecule has 38 heavy (non-hydrogen) atoms. The highest BCUT2D eigenvalue weighted by Gasteiger charge is 2.21. The summed E-state index contributed by atoms with van der Waals surface area (Å²) in [5, 5.41) is 12.1. The molecule has 3 aromatic rings. The summed E-state index contributed by atoms with van der Waals surface area (Å²) in [6, 6.07) is 5.99. The normalized spacial score (nSPS) is 11.8. The number of fused-ring (bicyclic) bond motifs is 1. The largest absolute Gasteiger partial charge is 0.380 e. The molecule has 2 heterocycles. The molecule has 0 fully saturated rings. The van der Waals surface area contributed by atoms with Gasteiger partial charge in [0.05, 0.1) is 29.6 Å². The predicted molar refractivity (Wildman–Crippen MR) is 150 cm³/mol. The Kier molecular flexibility index (Phi) is 11.3. The number of anilines is 1. The number of hydrogen-bond acceptors (Lipinski definition) is 9. The number of amides is 1. The first kappa shape index (κ1) is 29.8. The Labute approximate surface area is 228 Å². The number of ether oxygens (including phenoxy) is 1. The van der Waals surface area contributed by atoms with Crippen LogP contribution in [0, 0.1) is 0 Å². The molecule has 1 aromatic carbocycles. The van der Waals surface area contributed by atoms with E-state index in [0.29, 0.717) is 68.1 Å². The quantitative estimate of drug-likeness (QED) is 0.153. The molecular weight excluding hydrogens is 526 g/mol. The van der Waals surface area contributed by atoms with E-state index in [1.807, 2.05) is 6.92 Å². The molecule has 0 bridgehead atoms. The Morgan fingerprint density at radius 3 is 2.47 bits per heavy atom. The van der Waals surface area contributed by atoms with Gasteiger partial charge in [0, 0.05) is 44.1 Å². The molecule has 0 unspecified atom stereocenters. The van der Waals surface area contributed by atoms with E-state index < -0.39 is 10.0 Å². The third-order valence-corrected chi connectivity index (χ3v) is 8.84. The van der Waals surface area contributed by atoms with Crippen molar-refractivity contribution in [1.29, 1.82) is 0 Å². The van der Waals surface area contributed by atoms with Gasteiger partial charge in [0.1, 0.15) is 5.82 Å². The summed E-state index contributed by atoms with van der Waals surface area (Å²) in [7, 11) is -3.57. The zero-order chi connectivity index (χ0) is 27.5. The molecule has 1 amide bonds. The van der Waals surface area contributed by atoms with Crippen LogP contribution in [0.15, 0.2) is 40.5 Å². The monoisotopic (exact) mass is 563 g/mol. The van der Waals surface area contributed by atoms with Crippen LogP contribution in [0.2, 0.25) is 0 Å². The number of sulfonamides is 1. The van der Waals surface area contributed by atoms with Gasteiger partial charge in [0.25, 0.3) is 5.91 Å². The molecule has 0 saturated heterocycles. The first-order valence-corrected chi connectivity index (χ1v) is 15.3. The van der Waals surface area contributed by atoms with Crippen molar-refractivity contribution < 1.29 is 17.9 Å². The Bertz CT molecular complexity index is 1290. The number of rotatable bonds is 16. The summed E-state index contributed by atoms with van der Waals surface area (Å²) in [4.78, 5) is 22.2. The van der Waals surface area contributed by atoms with Gasteiger partial charge >= 0.3 is 0 Å². The highest BCUT2D eigenvalue weighted by molar-refractivity contribution is 7.99. The van der Waals surface area contributed by atoms with Crippen LogP contribution < -0.4 is 10.6 Å². The van der Waals surface area contributed by atoms with Crippen molar-refractivity contribution in [2.45, 2.75) is 50.7 Å². The van der Waals surface area contributed by atoms with Crippen LogP contribution in [0.3, 0.4) is 0 Å². The van der Waals surface area contributed by atoms with Crippen LogP contribution in [-0.2, 0) is 21.3 Å². The highest BCUT2D eigenvalue weighted by Crippen LogP contribution is 2.24. The lowest BCUT2D eigenvalue weighted by molar-refractivity contribution is 0.0952. The van der Waals surface area contributed by atoms with Crippen molar-refractivity contribution in [2.24, 2.45) is 0 Å². The Hall–Kier alpha value is -2.74. The summed E-state index contributed by atoms with van der Waals surface area (Å²) < 4.78 is 33.9. The van der Waals surface area contributed by atoms with E-state index in [1.165, 1.54) is 28.6 Å². The fourth-order valence-electron chi connectivity index (χ4n) is 3.75. The molecule has 0 atom stereocenters. The van der Waals surface area contributed by atoms with Gasteiger partial charge in [0.15, 0.2) is 10.8 Å². The predicted octanol–water partition coefficient (Wildman–Crippen LogP) is 3.24. The van der Waals surface area contributed by atoms with Crippen molar-refractivity contribution in [3.05, 3.63) is 36.0 Å². The lowest BCUT2D eigenvalue weighted by atomic mass is 10.2. The molecule has 0 aliphatic heterocycles. The topological polar surface area (TPSA) is 131 Å². The summed E-state index contributed by atoms with van der Waals surface area (Å²) in [5.41, 5.74) is 1.08. The number of hydrogen-bond donors (Lipinski definition) is 2. The van der Waals surface area contributed by atoms with Gasteiger partial charge in [-0.2, -0.15) is 9.40 Å². The van der Waals surface area contributed by atoms with Gasteiger partial charge in [-0.15, -0.1) is 0 Å². The van der Waals surface area contributed by atoms with Crippen molar-refractivity contribution in [2.75, 3.05) is 50.5 Å². The molecule has 208 valence electrons. The molecule has 0 aliphatic carbocycles. The number of carbonyl (C=O) groups excluding carboxylic acids is 1. The molecule has 0 saturated carbocycles. The third-order valence-electron chi connectivity index (χ3n) is 5.72. The number of aromatic nitrogens is 4. The van der Waals surface area contributed by atoms with E-state index in [2.05, 4.69) is 27.6 Å². The minimum absolute atomic E-state index is 0.169. The zero-order valence-electron chi connectivity index (χ0n) is 22.4. The van der Waals surface area contributed by atoms with Gasteiger partial charge in [-0.1, -0.05) is 32.5 Å². The molecular formula is C25H37N7O4S2. The third kappa shape index (κ3) is 7.43. The Balaban J connectivity index is 1.67. The van der Waals surface area contributed by atoms with E-state index in [0.717, 1.165) is 17.6 Å². The maximum atomic E-state index is 12.7. The van der Waals surface area contributed by atoms with Crippen LogP contribution in [0.25, 0.3) is 11.0 Å². The highest BCUT2D eigenvalue weighted by atomic mass is 32.2. The van der Waals surface area contributed by atoms with Crippen LogP contribution in [0.4, 0.5) is 5.82 Å². The molecule has 0 aliphatic rings. The first-order chi connectivity index (χ1) is 18.3. The lowest BCUT2D eigenvalue weighted by Crippen LogP contribution is -2.31. The fraction of sp³-hybridized carbons (Fsp3) is 0.520. The van der Waals surface area contributed by atoms with E-state index in [1.54, 1.807) is 36.5 Å². The number of nitrogens with one attached hydrogen (secondary N) is 2. The molecule has 2 N–H and O–H groups in total. The van der Waals surface area contributed by atoms with Gasteiger partial charge in [-0.25, -0.2) is 23.1 Å². The number of benzene rings is 1. The molecule has 2 aromatic heterocycles. The second kappa shape index (κ2) is 14.4. The number of carbonyl (C=O) groups is 1. The van der Waals surface area contributed by atoms with Gasteiger partial charge in [-0.05, 0) is 37.6 Å². The van der Waals surface area contributed by atoms with Crippen LogP contribution >= 0.6 is 11.8 Å². The van der Waals surface area contributed by atoms with Gasteiger partial charge in [-0.3, -0.25) is 4.79 Å². The van der Waals surface area contributed by atoms with Crippen LogP contribution in [-0.4, -0.2) is 83.5 Å². The summed E-state index contributed by atoms with van der Waals surface area (Å²) in [5.74, 6) is 1.33. The molecule has 0 spiro atoms. The molecule has 11 nitrogen and oxygen atoms in total. The average molecular weight is 564 g/mol. The second-order valence-electron chi connectivity index (χ2n) is 8.30. The standard InChI is InChI=1S/C25H37N7O4S2/c1-5-17-37-25-29-22(26-14-16-36-8-4)21-18-28-32(23(21)30-25)15-13-27-24(33)19-9-11-20(12-10-19)38(34,35)31(6-2)7-3/h9-12,18H,5-8,13-17H2,1-4H3,(H,27,33)(H,26,29,30). The van der Waals surface area contributed by atoms with Crippen LogP contribution in [0.1, 0.15) is 44.5 Å². The SMILES string of the molecule is CCCSc1nc(NCCOCC)c2cnn(CCNC(=O)c3ccc(S(=O)(=O)N(CC)CC)cc3)c2n1. The first-order valence-electron chi connectivity index (χ1n) is 12.9. The van der Waals surface area contributed by atoms with Gasteiger partial charge < -0.3 is 15.4 Å². The minimum Gasteiger partial charge on any atom is -0.380 e. The van der Waals surface area contributed by atoms with E-state index in [-0.39, 0.29) is 10.8 Å². The van der Waals surface area contributed by atoms with Crippen molar-refractivity contribution in [3.63, 3.8) is 0 Å². The maximum absolute atomic E-state index is 12.7. The molecule has 3 rings (SSSR count).